The third-order valence-corrected chi connectivity index (χ3v) is 3.98. The van der Waals surface area contributed by atoms with Crippen LogP contribution in [0.5, 0.6) is 0 Å². The molecule has 7 nitrogen and oxygen atoms in total. The molecule has 4 rings (SSSR count). The van der Waals surface area contributed by atoms with Gasteiger partial charge in [0.25, 0.3) is 5.91 Å². The van der Waals surface area contributed by atoms with E-state index in [0.29, 0.717) is 12.4 Å². The second kappa shape index (κ2) is 7.57. The molecule has 0 spiro atoms. The number of anilines is 2. The summed E-state index contributed by atoms with van der Waals surface area (Å²) in [6.07, 6.45) is 8.09. The summed E-state index contributed by atoms with van der Waals surface area (Å²) >= 11 is 0. The lowest BCUT2D eigenvalue weighted by Gasteiger charge is -2.09. The Morgan fingerprint density at radius 3 is 2.56 bits per heavy atom. The number of fused-ring (bicyclic) bond motifs is 1. The highest BCUT2D eigenvalue weighted by Gasteiger charge is 2.09. The third kappa shape index (κ3) is 3.87. The van der Waals surface area contributed by atoms with E-state index in [2.05, 4.69) is 30.6 Å². The van der Waals surface area contributed by atoms with E-state index in [-0.39, 0.29) is 11.6 Å². The van der Waals surface area contributed by atoms with Gasteiger partial charge in [0.2, 0.25) is 0 Å². The number of nitrogens with one attached hydrogen (secondary N) is 2. The molecular formula is C20H16N6O. The SMILES string of the molecule is O=C(NCc1ccncc1)c1cnc(Nc2cccc3cccnc23)cn1. The second-order valence-corrected chi connectivity index (χ2v) is 5.83. The van der Waals surface area contributed by atoms with Crippen molar-refractivity contribution in [3.05, 3.63) is 84.7 Å². The molecule has 7 heteroatoms. The predicted molar refractivity (Wildman–Crippen MR) is 102 cm³/mol. The fourth-order valence-corrected chi connectivity index (χ4v) is 2.63. The van der Waals surface area contributed by atoms with Crippen molar-refractivity contribution in [1.29, 1.82) is 0 Å². The molecule has 27 heavy (non-hydrogen) atoms. The van der Waals surface area contributed by atoms with E-state index in [9.17, 15) is 4.79 Å². The molecule has 132 valence electrons. The van der Waals surface area contributed by atoms with Gasteiger partial charge in [-0.2, -0.15) is 0 Å². The maximum absolute atomic E-state index is 12.2. The van der Waals surface area contributed by atoms with Crippen molar-refractivity contribution in [3.63, 3.8) is 0 Å². The molecule has 0 radical (unpaired) electrons. The first-order valence-electron chi connectivity index (χ1n) is 8.39. The van der Waals surface area contributed by atoms with Gasteiger partial charge in [0, 0.05) is 30.5 Å². The van der Waals surface area contributed by atoms with Crippen LogP contribution < -0.4 is 10.6 Å². The lowest BCUT2D eigenvalue weighted by atomic mass is 10.2. The molecular weight excluding hydrogens is 340 g/mol. The van der Waals surface area contributed by atoms with E-state index in [1.54, 1.807) is 18.6 Å². The molecule has 0 saturated heterocycles. The van der Waals surface area contributed by atoms with Gasteiger partial charge in [0.05, 0.1) is 23.6 Å². The first kappa shape index (κ1) is 16.6. The third-order valence-electron chi connectivity index (χ3n) is 3.98. The smallest absolute Gasteiger partial charge is 0.271 e. The number of hydrogen-bond acceptors (Lipinski definition) is 6. The van der Waals surface area contributed by atoms with Crippen LogP contribution in [0, 0.1) is 0 Å². The fraction of sp³-hybridized carbons (Fsp3) is 0.0500. The molecule has 3 heterocycles. The van der Waals surface area contributed by atoms with Crippen molar-refractivity contribution in [2.24, 2.45) is 0 Å². The summed E-state index contributed by atoms with van der Waals surface area (Å²) < 4.78 is 0. The Balaban J connectivity index is 1.45. The van der Waals surface area contributed by atoms with Crippen molar-refractivity contribution >= 4 is 28.3 Å². The first-order chi connectivity index (χ1) is 13.3. The van der Waals surface area contributed by atoms with E-state index in [0.717, 1.165) is 22.2 Å². The Morgan fingerprint density at radius 2 is 1.74 bits per heavy atom. The van der Waals surface area contributed by atoms with E-state index < -0.39 is 0 Å². The lowest BCUT2D eigenvalue weighted by molar-refractivity contribution is 0.0945. The number of hydrogen-bond donors (Lipinski definition) is 2. The summed E-state index contributed by atoms with van der Waals surface area (Å²) in [5.74, 6) is 0.261. The summed E-state index contributed by atoms with van der Waals surface area (Å²) in [6, 6.07) is 13.4. The molecule has 0 aliphatic heterocycles. The second-order valence-electron chi connectivity index (χ2n) is 5.83. The average molecular weight is 356 g/mol. The van der Waals surface area contributed by atoms with Gasteiger partial charge in [0.1, 0.15) is 11.5 Å². The number of benzene rings is 1. The summed E-state index contributed by atoms with van der Waals surface area (Å²) in [6.45, 7) is 0.407. The summed E-state index contributed by atoms with van der Waals surface area (Å²) in [5, 5.41) is 7.04. The summed E-state index contributed by atoms with van der Waals surface area (Å²) in [7, 11) is 0. The number of rotatable bonds is 5. The first-order valence-corrected chi connectivity index (χ1v) is 8.39. The molecule has 1 aromatic carbocycles. The van der Waals surface area contributed by atoms with Gasteiger partial charge in [-0.15, -0.1) is 0 Å². The van der Waals surface area contributed by atoms with Crippen LogP contribution in [-0.4, -0.2) is 25.8 Å². The van der Waals surface area contributed by atoms with Crippen LogP contribution in [0.3, 0.4) is 0 Å². The minimum atomic E-state index is -0.280. The number of nitrogens with zero attached hydrogens (tertiary/aromatic N) is 4. The molecule has 3 aromatic heterocycles. The molecule has 0 aliphatic carbocycles. The zero-order chi connectivity index (χ0) is 18.5. The van der Waals surface area contributed by atoms with Crippen LogP contribution in [-0.2, 0) is 6.54 Å². The van der Waals surface area contributed by atoms with Crippen LogP contribution in [0.15, 0.2) is 73.4 Å². The maximum Gasteiger partial charge on any atom is 0.271 e. The van der Waals surface area contributed by atoms with Crippen LogP contribution >= 0.6 is 0 Å². The van der Waals surface area contributed by atoms with E-state index >= 15 is 0 Å². The summed E-state index contributed by atoms with van der Waals surface area (Å²) in [5.41, 5.74) is 2.90. The zero-order valence-corrected chi connectivity index (χ0v) is 14.3. The number of amides is 1. The van der Waals surface area contributed by atoms with Crippen molar-refractivity contribution in [2.45, 2.75) is 6.54 Å². The largest absolute Gasteiger partial charge is 0.347 e. The number of para-hydroxylation sites is 1. The van der Waals surface area contributed by atoms with Gasteiger partial charge < -0.3 is 10.6 Å². The van der Waals surface area contributed by atoms with E-state index in [1.807, 2.05) is 42.5 Å². The quantitative estimate of drug-likeness (QED) is 0.571. The van der Waals surface area contributed by atoms with Gasteiger partial charge >= 0.3 is 0 Å². The molecule has 0 atom stereocenters. The Morgan fingerprint density at radius 1 is 0.889 bits per heavy atom. The highest BCUT2D eigenvalue weighted by molar-refractivity contribution is 5.93. The van der Waals surface area contributed by atoms with Gasteiger partial charge in [-0.3, -0.25) is 14.8 Å². The standard InChI is InChI=1S/C20H16N6O/c27-20(25-11-14-6-9-21-10-7-14)17-12-24-18(13-23-17)26-16-5-1-3-15-4-2-8-22-19(15)16/h1-10,12-13H,11H2,(H,24,26)(H,25,27). The normalized spacial score (nSPS) is 10.5. The van der Waals surface area contributed by atoms with Crippen LogP contribution in [0.2, 0.25) is 0 Å². The Kier molecular flexibility index (Phi) is 4.65. The number of carbonyl (C=O) groups is 1. The minimum absolute atomic E-state index is 0.255. The average Bonchev–Trinajstić information content (AvgIpc) is 2.74. The Labute approximate surface area is 155 Å². The highest BCUT2D eigenvalue weighted by Crippen LogP contribution is 2.23. The van der Waals surface area contributed by atoms with Crippen LogP contribution in [0.1, 0.15) is 16.1 Å². The molecule has 0 bridgehead atoms. The van der Waals surface area contributed by atoms with Crippen molar-refractivity contribution in [3.8, 4) is 0 Å². The maximum atomic E-state index is 12.2. The summed E-state index contributed by atoms with van der Waals surface area (Å²) in [4.78, 5) is 29.0. The van der Waals surface area contributed by atoms with Crippen molar-refractivity contribution in [1.82, 2.24) is 25.3 Å². The fourth-order valence-electron chi connectivity index (χ4n) is 2.63. The minimum Gasteiger partial charge on any atom is -0.347 e. The van der Waals surface area contributed by atoms with Gasteiger partial charge in [-0.1, -0.05) is 18.2 Å². The topological polar surface area (TPSA) is 92.7 Å². The predicted octanol–water partition coefficient (Wildman–Crippen LogP) is 3.09. The molecule has 2 N–H and O–H groups in total. The molecule has 0 aliphatic rings. The Bertz CT molecular complexity index is 1060. The Hall–Kier alpha value is -3.87. The molecule has 0 fully saturated rings. The van der Waals surface area contributed by atoms with Gasteiger partial charge in [0.15, 0.2) is 0 Å². The van der Waals surface area contributed by atoms with Gasteiger partial charge in [-0.25, -0.2) is 9.97 Å². The van der Waals surface area contributed by atoms with E-state index in [4.69, 9.17) is 0 Å². The van der Waals surface area contributed by atoms with Crippen LogP contribution in [0.4, 0.5) is 11.5 Å². The molecule has 1 amide bonds. The van der Waals surface area contributed by atoms with E-state index in [1.165, 1.54) is 12.4 Å². The number of carbonyl (C=O) groups excluding carboxylic acids is 1. The molecule has 4 aromatic rings. The molecule has 0 unspecified atom stereocenters. The monoisotopic (exact) mass is 356 g/mol. The number of pyridine rings is 2. The zero-order valence-electron chi connectivity index (χ0n) is 14.3. The molecule has 0 saturated carbocycles. The van der Waals surface area contributed by atoms with Crippen molar-refractivity contribution in [2.75, 3.05) is 5.32 Å². The number of aromatic nitrogens is 4. The van der Waals surface area contributed by atoms with Gasteiger partial charge in [-0.05, 0) is 29.8 Å². The lowest BCUT2D eigenvalue weighted by Crippen LogP contribution is -2.24. The van der Waals surface area contributed by atoms with Crippen LogP contribution in [0.25, 0.3) is 10.9 Å². The highest BCUT2D eigenvalue weighted by atomic mass is 16.1. The van der Waals surface area contributed by atoms with Crippen molar-refractivity contribution < 1.29 is 4.79 Å².